The molecule has 11 heteroatoms. The standard InChI is InChI=1S/C36H36ClN6O3.Mo/c1-20-17-23-19-38-43(3)36(44)32(23)34(39-20)41-28-10-6-7-25(21(28)2)26-8-5-9-27(33(26)37)30-18-22-11-12-29(31(22)35(42-30)45-4)40-24-13-15-46-16-14-24;/h5-10,13,17-19,24,29,40H,11-12,14-16H2,1-4H3,(H,39,41);/q-1;/t24-,29+;/m1./s1. The fraction of sp³-hybridized carbons (Fsp3) is 0.306. The predicted molar refractivity (Wildman–Crippen MR) is 182 cm³/mol. The number of anilines is 2. The van der Waals surface area contributed by atoms with Crippen molar-refractivity contribution in [1.29, 1.82) is 0 Å². The summed E-state index contributed by atoms with van der Waals surface area (Å²) in [4.78, 5) is 22.7. The summed E-state index contributed by atoms with van der Waals surface area (Å²) in [6.45, 7) is 5.39. The summed E-state index contributed by atoms with van der Waals surface area (Å²) in [7, 11) is 3.32. The van der Waals surface area contributed by atoms with Gasteiger partial charge in [-0.1, -0.05) is 48.5 Å². The molecule has 2 atom stereocenters. The average Bonchev–Trinajstić information content (AvgIpc) is 3.46. The minimum absolute atomic E-state index is 0. The molecule has 0 unspecified atom stereocenters. The van der Waals surface area contributed by atoms with Gasteiger partial charge in [0, 0.05) is 74.2 Å². The number of aromatic nitrogens is 4. The largest absolute Gasteiger partial charge is 0.481 e. The minimum Gasteiger partial charge on any atom is -0.481 e. The summed E-state index contributed by atoms with van der Waals surface area (Å²) in [6.07, 6.45) is 6.78. The molecule has 1 fully saturated rings. The Labute approximate surface area is 293 Å². The molecule has 1 saturated heterocycles. The van der Waals surface area contributed by atoms with E-state index in [9.17, 15) is 4.79 Å². The molecule has 5 aromatic rings. The first-order chi connectivity index (χ1) is 22.3. The van der Waals surface area contributed by atoms with Crippen molar-refractivity contribution in [3.05, 3.63) is 98.9 Å². The van der Waals surface area contributed by atoms with Gasteiger partial charge < -0.3 is 20.1 Å². The molecule has 47 heavy (non-hydrogen) atoms. The van der Waals surface area contributed by atoms with Crippen LogP contribution in [-0.4, -0.2) is 46.1 Å². The number of fused-ring (bicyclic) bond motifs is 2. The summed E-state index contributed by atoms with van der Waals surface area (Å²) < 4.78 is 12.7. The van der Waals surface area contributed by atoms with Crippen molar-refractivity contribution in [2.45, 2.75) is 45.2 Å². The number of halogens is 1. The van der Waals surface area contributed by atoms with Gasteiger partial charge in [0.15, 0.2) is 0 Å². The molecule has 0 radical (unpaired) electrons. The molecule has 0 amide bonds. The first-order valence-corrected chi connectivity index (χ1v) is 15.9. The zero-order chi connectivity index (χ0) is 31.9. The van der Waals surface area contributed by atoms with Gasteiger partial charge in [0.1, 0.15) is 5.82 Å². The van der Waals surface area contributed by atoms with Gasteiger partial charge in [-0.05, 0) is 68.0 Å². The third kappa shape index (κ3) is 6.34. The molecule has 2 aliphatic rings. The van der Waals surface area contributed by atoms with Crippen LogP contribution in [0, 0.1) is 20.3 Å². The fourth-order valence-corrected chi connectivity index (χ4v) is 7.00. The molecule has 0 saturated carbocycles. The summed E-state index contributed by atoms with van der Waals surface area (Å²) in [5.41, 5.74) is 8.23. The van der Waals surface area contributed by atoms with Gasteiger partial charge in [-0.15, -0.1) is 6.04 Å². The number of hydrogen-bond acceptors (Lipinski definition) is 8. The van der Waals surface area contributed by atoms with E-state index in [1.807, 2.05) is 50.2 Å². The zero-order valence-electron chi connectivity index (χ0n) is 26.8. The van der Waals surface area contributed by atoms with Gasteiger partial charge in [-0.2, -0.15) is 5.10 Å². The van der Waals surface area contributed by atoms with E-state index in [4.69, 9.17) is 26.1 Å². The van der Waals surface area contributed by atoms with Gasteiger partial charge in [-0.25, -0.2) is 14.6 Å². The number of ether oxygens (including phenoxy) is 2. The smallest absolute Gasteiger partial charge is 0.278 e. The summed E-state index contributed by atoms with van der Waals surface area (Å²) in [5.74, 6) is 1.13. The molecular weight excluding hydrogens is 696 g/mol. The molecule has 9 nitrogen and oxygen atoms in total. The Hall–Kier alpha value is -3.62. The summed E-state index contributed by atoms with van der Waals surface area (Å²) in [6, 6.07) is 16.6. The maximum Gasteiger partial charge on any atom is 0.278 e. The van der Waals surface area contributed by atoms with Crippen molar-refractivity contribution in [3.63, 3.8) is 0 Å². The number of methoxy groups -OCH3 is 1. The average molecular weight is 732 g/mol. The maximum atomic E-state index is 13.0. The summed E-state index contributed by atoms with van der Waals surface area (Å²) >= 11 is 7.21. The van der Waals surface area contributed by atoms with Crippen LogP contribution < -0.4 is 20.9 Å². The van der Waals surface area contributed by atoms with Crippen molar-refractivity contribution < 1.29 is 30.5 Å². The van der Waals surface area contributed by atoms with Crippen molar-refractivity contribution in [2.75, 3.05) is 25.6 Å². The van der Waals surface area contributed by atoms with E-state index in [-0.39, 0.29) is 32.7 Å². The van der Waals surface area contributed by atoms with Crippen LogP contribution in [-0.2, 0) is 39.3 Å². The van der Waals surface area contributed by atoms with Crippen molar-refractivity contribution in [1.82, 2.24) is 25.1 Å². The number of hydrogen-bond donors (Lipinski definition) is 2. The van der Waals surface area contributed by atoms with E-state index in [1.54, 1.807) is 20.4 Å². The van der Waals surface area contributed by atoms with E-state index < -0.39 is 0 Å². The minimum atomic E-state index is -0.210. The second-order valence-corrected chi connectivity index (χ2v) is 12.4. The van der Waals surface area contributed by atoms with Crippen molar-refractivity contribution in [3.8, 4) is 28.3 Å². The van der Waals surface area contributed by atoms with Gasteiger partial charge in [0.2, 0.25) is 5.88 Å². The third-order valence-electron chi connectivity index (χ3n) is 9.05. The second-order valence-electron chi connectivity index (χ2n) is 12.0. The molecule has 4 heterocycles. The number of nitrogens with one attached hydrogen (secondary N) is 2. The molecule has 7 rings (SSSR count). The normalized spacial score (nSPS) is 17.3. The Kier molecular flexibility index (Phi) is 9.81. The Bertz CT molecular complexity index is 2030. The SMILES string of the molecule is COc1nc(-c2cccc(-c3cccc(Nc4nc(C)cc5cnn(C)c(=O)c45)c3C)c2Cl)cc2c1[C@@H](N[C@@H]1[CH-]COCC1)CC2.[Mo]. The Balaban J connectivity index is 0.00000386. The van der Waals surface area contributed by atoms with Gasteiger partial charge in [-0.3, -0.25) is 11.2 Å². The molecule has 1 aliphatic carbocycles. The van der Waals surface area contributed by atoms with Crippen LogP contribution in [0.15, 0.2) is 59.5 Å². The van der Waals surface area contributed by atoms with Gasteiger partial charge in [0.25, 0.3) is 5.56 Å². The number of benzene rings is 2. The monoisotopic (exact) mass is 733 g/mol. The molecule has 242 valence electrons. The first-order valence-electron chi connectivity index (χ1n) is 15.6. The fourth-order valence-electron chi connectivity index (χ4n) is 6.68. The summed E-state index contributed by atoms with van der Waals surface area (Å²) in [5, 5.41) is 13.2. The topological polar surface area (TPSA) is 103 Å². The Morgan fingerprint density at radius 1 is 1.06 bits per heavy atom. The quantitative estimate of drug-likeness (QED) is 0.142. The van der Waals surface area contributed by atoms with E-state index >= 15 is 0 Å². The first kappa shape index (κ1) is 33.3. The number of nitrogens with zero attached hydrogens (tertiary/aromatic N) is 4. The molecule has 0 spiro atoms. The molecule has 0 bridgehead atoms. The van der Waals surface area contributed by atoms with Crippen LogP contribution in [0.1, 0.15) is 41.3 Å². The maximum absolute atomic E-state index is 13.0. The van der Waals surface area contributed by atoms with Gasteiger partial charge >= 0.3 is 0 Å². The third-order valence-corrected chi connectivity index (χ3v) is 9.46. The molecule has 1 aliphatic heterocycles. The van der Waals surface area contributed by atoms with Crippen LogP contribution in [0.4, 0.5) is 11.5 Å². The van der Waals surface area contributed by atoms with Crippen molar-refractivity contribution >= 4 is 33.9 Å². The molecule has 2 N–H and O–H groups in total. The second kappa shape index (κ2) is 13.9. The number of pyridine rings is 2. The van der Waals surface area contributed by atoms with Crippen LogP contribution in [0.25, 0.3) is 33.2 Å². The van der Waals surface area contributed by atoms with E-state index in [1.165, 1.54) is 10.2 Å². The van der Waals surface area contributed by atoms with E-state index in [2.05, 4.69) is 39.3 Å². The van der Waals surface area contributed by atoms with E-state index in [0.717, 1.165) is 76.1 Å². The van der Waals surface area contributed by atoms with Crippen LogP contribution >= 0.6 is 11.6 Å². The molecular formula is C36H36ClMoN6O3-. The van der Waals surface area contributed by atoms with Crippen molar-refractivity contribution in [2.24, 2.45) is 7.05 Å². The zero-order valence-corrected chi connectivity index (χ0v) is 29.5. The number of rotatable bonds is 7. The van der Waals surface area contributed by atoms with Crippen LogP contribution in [0.2, 0.25) is 5.02 Å². The molecule has 2 aromatic carbocycles. The Morgan fingerprint density at radius 2 is 1.85 bits per heavy atom. The van der Waals surface area contributed by atoms with Crippen LogP contribution in [0.5, 0.6) is 5.88 Å². The van der Waals surface area contributed by atoms with Crippen LogP contribution in [0.3, 0.4) is 0 Å². The van der Waals surface area contributed by atoms with Gasteiger partial charge in [0.05, 0.1) is 29.4 Å². The Morgan fingerprint density at radius 3 is 2.64 bits per heavy atom. The van der Waals surface area contributed by atoms with E-state index in [0.29, 0.717) is 34.8 Å². The predicted octanol–water partition coefficient (Wildman–Crippen LogP) is 6.65. The molecule has 3 aromatic heterocycles. The number of aryl methyl sites for hydroxylation is 3.